The second-order valence-corrected chi connectivity index (χ2v) is 12.3. The maximum atomic E-state index is 14.1. The van der Waals surface area contributed by atoms with Crippen molar-refractivity contribution in [3.63, 3.8) is 0 Å². The van der Waals surface area contributed by atoms with Crippen molar-refractivity contribution >= 4 is 34.6 Å². The normalized spacial score (nSPS) is 27.5. The molecule has 0 bridgehead atoms. The maximum Gasteiger partial charge on any atom is 0.308 e. The number of fused-ring (bicyclic) bond motifs is 1. The molecular weight excluding hydrogens is 572 g/mol. The third-order valence-corrected chi connectivity index (χ3v) is 8.60. The first-order valence-corrected chi connectivity index (χ1v) is 15.4. The lowest BCUT2D eigenvalue weighted by molar-refractivity contribution is -0.150. The van der Waals surface area contributed by atoms with Gasteiger partial charge in [0.1, 0.15) is 23.9 Å². The van der Waals surface area contributed by atoms with E-state index in [9.17, 15) is 24.3 Å². The molecule has 2 aromatic carbocycles. The number of cyclic esters (lactones) is 1. The Kier molecular flexibility index (Phi) is 10.7. The van der Waals surface area contributed by atoms with Gasteiger partial charge in [-0.15, -0.1) is 0 Å². The molecule has 4 N–H and O–H groups in total. The van der Waals surface area contributed by atoms with Gasteiger partial charge in [0, 0.05) is 42.4 Å². The Bertz CT molecular complexity index is 1560. The molecule has 0 radical (unpaired) electrons. The van der Waals surface area contributed by atoms with Crippen molar-refractivity contribution in [3.8, 4) is 5.75 Å². The van der Waals surface area contributed by atoms with E-state index in [-0.39, 0.29) is 30.4 Å². The minimum atomic E-state index is -0.980. The number of para-hydroxylation sites is 1. The quantitative estimate of drug-likeness (QED) is 0.251. The monoisotopic (exact) mass is 616 g/mol. The number of ether oxygens (including phenoxy) is 1. The summed E-state index contributed by atoms with van der Waals surface area (Å²) in [4.78, 5) is 58.8. The van der Waals surface area contributed by atoms with Gasteiger partial charge in [0.25, 0.3) is 0 Å². The molecule has 0 unspecified atom stereocenters. The van der Waals surface area contributed by atoms with E-state index in [2.05, 4.69) is 15.6 Å². The number of carbonyl (C=O) groups is 4. The molecule has 6 atom stereocenters. The molecule has 0 saturated carbocycles. The molecule has 10 heteroatoms. The van der Waals surface area contributed by atoms with Crippen molar-refractivity contribution in [2.45, 2.75) is 78.1 Å². The lowest BCUT2D eigenvalue weighted by Crippen LogP contribution is -2.55. The number of carbonyl (C=O) groups excluding carboxylic acids is 4. The molecule has 4 rings (SSSR count). The molecule has 10 nitrogen and oxygen atoms in total. The number of esters is 1. The summed E-state index contributed by atoms with van der Waals surface area (Å²) in [6, 6.07) is 11.3. The minimum Gasteiger partial charge on any atom is -0.508 e. The number of likely N-dealkylation sites (N-methyl/N-ethyl adjacent to an activating group) is 1. The van der Waals surface area contributed by atoms with Crippen molar-refractivity contribution in [1.82, 2.24) is 20.5 Å². The van der Waals surface area contributed by atoms with E-state index in [0.29, 0.717) is 12.0 Å². The van der Waals surface area contributed by atoms with Crippen LogP contribution in [0.4, 0.5) is 0 Å². The number of nitrogens with zero attached hydrogens (tertiary/aromatic N) is 1. The largest absolute Gasteiger partial charge is 0.508 e. The van der Waals surface area contributed by atoms with Crippen LogP contribution in [0.15, 0.2) is 66.4 Å². The van der Waals surface area contributed by atoms with Crippen molar-refractivity contribution < 1.29 is 29.0 Å². The SMILES string of the molecule is C/C1=C/[C@@H](C)[C@@H](C)OC(=O)C[C@H](c2ccc(O)cc2)NC(=O)[C@@H](Cc2c[nH]c3ccccc23)N(C)C(=O)[C@H](C)NC(=O)[C@@H](C)C1. The van der Waals surface area contributed by atoms with Crippen LogP contribution in [0, 0.1) is 11.8 Å². The molecule has 3 amide bonds. The fourth-order valence-corrected chi connectivity index (χ4v) is 5.77. The molecule has 0 saturated heterocycles. The summed E-state index contributed by atoms with van der Waals surface area (Å²) in [6.45, 7) is 9.10. The van der Waals surface area contributed by atoms with Crippen LogP contribution < -0.4 is 10.6 Å². The van der Waals surface area contributed by atoms with E-state index in [1.165, 1.54) is 17.0 Å². The minimum absolute atomic E-state index is 0.0466. The summed E-state index contributed by atoms with van der Waals surface area (Å²) < 4.78 is 5.80. The van der Waals surface area contributed by atoms with E-state index >= 15 is 0 Å². The van der Waals surface area contributed by atoms with Gasteiger partial charge >= 0.3 is 5.97 Å². The van der Waals surface area contributed by atoms with Crippen LogP contribution in [0.5, 0.6) is 5.75 Å². The number of rotatable bonds is 3. The zero-order valence-corrected chi connectivity index (χ0v) is 26.8. The Morgan fingerprint density at radius 3 is 2.31 bits per heavy atom. The van der Waals surface area contributed by atoms with Crippen LogP contribution in [0.25, 0.3) is 10.9 Å². The van der Waals surface area contributed by atoms with E-state index in [4.69, 9.17) is 4.74 Å². The lowest BCUT2D eigenvalue weighted by atomic mass is 9.96. The topological polar surface area (TPSA) is 141 Å². The summed E-state index contributed by atoms with van der Waals surface area (Å²) in [6.07, 6.45) is 3.86. The molecule has 3 aromatic rings. The second-order valence-electron chi connectivity index (χ2n) is 12.3. The zero-order valence-electron chi connectivity index (χ0n) is 26.8. The Morgan fingerprint density at radius 2 is 1.60 bits per heavy atom. The summed E-state index contributed by atoms with van der Waals surface area (Å²) in [5, 5.41) is 16.6. The number of aromatic nitrogens is 1. The summed E-state index contributed by atoms with van der Waals surface area (Å²) in [5.41, 5.74) is 3.30. The smallest absolute Gasteiger partial charge is 0.308 e. The van der Waals surface area contributed by atoms with Gasteiger partial charge in [0.15, 0.2) is 0 Å². The van der Waals surface area contributed by atoms with Gasteiger partial charge in [-0.05, 0) is 56.5 Å². The highest BCUT2D eigenvalue weighted by Gasteiger charge is 2.34. The fraction of sp³-hybridized carbons (Fsp3) is 0.429. The molecule has 1 aliphatic rings. The summed E-state index contributed by atoms with van der Waals surface area (Å²) >= 11 is 0. The van der Waals surface area contributed by atoms with Gasteiger partial charge in [0.05, 0.1) is 12.5 Å². The number of hydrogen-bond donors (Lipinski definition) is 4. The third-order valence-electron chi connectivity index (χ3n) is 8.60. The van der Waals surface area contributed by atoms with E-state index < -0.39 is 47.9 Å². The number of aromatic hydroxyl groups is 1. The molecule has 2 heterocycles. The highest BCUT2D eigenvalue weighted by molar-refractivity contribution is 5.93. The van der Waals surface area contributed by atoms with Gasteiger partial charge in [0.2, 0.25) is 17.7 Å². The Hall–Kier alpha value is -4.60. The lowest BCUT2D eigenvalue weighted by Gasteiger charge is -2.32. The van der Waals surface area contributed by atoms with Crippen molar-refractivity contribution in [1.29, 1.82) is 0 Å². The summed E-state index contributed by atoms with van der Waals surface area (Å²) in [5.74, 6) is -2.15. The molecule has 240 valence electrons. The molecular formula is C35H44N4O6. The van der Waals surface area contributed by atoms with Gasteiger partial charge in [-0.25, -0.2) is 0 Å². The van der Waals surface area contributed by atoms with Crippen LogP contribution in [0.1, 0.15) is 64.6 Å². The van der Waals surface area contributed by atoms with E-state index in [0.717, 1.165) is 22.0 Å². The molecule has 0 spiro atoms. The first-order chi connectivity index (χ1) is 21.3. The fourth-order valence-electron chi connectivity index (χ4n) is 5.77. The van der Waals surface area contributed by atoms with Crippen molar-refractivity contribution in [2.75, 3.05) is 7.05 Å². The van der Waals surface area contributed by atoms with Gasteiger partial charge in [-0.3, -0.25) is 19.2 Å². The average molecular weight is 617 g/mol. The first kappa shape index (κ1) is 33.3. The number of nitrogens with one attached hydrogen (secondary N) is 3. The first-order valence-electron chi connectivity index (χ1n) is 15.4. The predicted octanol–water partition coefficient (Wildman–Crippen LogP) is 4.55. The molecule has 1 aromatic heterocycles. The van der Waals surface area contributed by atoms with Crippen LogP contribution in [-0.4, -0.2) is 63.9 Å². The highest BCUT2D eigenvalue weighted by atomic mass is 16.5. The summed E-state index contributed by atoms with van der Waals surface area (Å²) in [7, 11) is 1.55. The molecule has 0 fully saturated rings. The number of allylic oxidation sites excluding steroid dienone is 1. The number of phenols is 1. The van der Waals surface area contributed by atoms with Crippen molar-refractivity contribution in [3.05, 3.63) is 77.5 Å². The van der Waals surface area contributed by atoms with Crippen LogP contribution >= 0.6 is 0 Å². The Labute approximate surface area is 264 Å². The number of aromatic amines is 1. The number of hydrogen-bond acceptors (Lipinski definition) is 6. The van der Waals surface area contributed by atoms with Gasteiger partial charge in [-0.1, -0.05) is 55.8 Å². The van der Waals surface area contributed by atoms with E-state index in [1.807, 2.05) is 57.3 Å². The third kappa shape index (κ3) is 8.32. The Balaban J connectivity index is 1.73. The van der Waals surface area contributed by atoms with Gasteiger partial charge in [-0.2, -0.15) is 0 Å². The van der Waals surface area contributed by atoms with Crippen LogP contribution in [-0.2, 0) is 30.3 Å². The number of amides is 3. The van der Waals surface area contributed by atoms with Gasteiger partial charge < -0.3 is 30.4 Å². The maximum absolute atomic E-state index is 14.1. The molecule has 45 heavy (non-hydrogen) atoms. The molecule has 0 aliphatic carbocycles. The average Bonchev–Trinajstić information content (AvgIpc) is 3.41. The highest BCUT2D eigenvalue weighted by Crippen LogP contribution is 2.25. The number of phenolic OH excluding ortho intramolecular Hbond substituents is 1. The predicted molar refractivity (Wildman–Crippen MR) is 172 cm³/mol. The standard InChI is InChI=1S/C35H44N4O6/c1-20-15-21(2)24(5)45-32(41)18-30(25-11-13-27(40)14-12-25)38-34(43)31(17-26-19-36-29-10-8-7-9-28(26)29)39(6)35(44)23(4)37-33(42)22(3)16-20/h7-15,19,21-24,30-31,36,40H,16-18H2,1-6H3,(H,37,42)(H,38,43)/b20-15-/t21-,22+,23+,24-,30-,31-/m1/s1. The number of benzene rings is 2. The van der Waals surface area contributed by atoms with Crippen LogP contribution in [0.3, 0.4) is 0 Å². The van der Waals surface area contributed by atoms with E-state index in [1.54, 1.807) is 33.0 Å². The zero-order chi connectivity index (χ0) is 32.8. The Morgan fingerprint density at radius 1 is 0.911 bits per heavy atom. The molecule has 1 aliphatic heterocycles. The number of H-pyrrole nitrogens is 1. The van der Waals surface area contributed by atoms with Crippen LogP contribution in [0.2, 0.25) is 0 Å². The second kappa shape index (κ2) is 14.5. The van der Waals surface area contributed by atoms with Crippen molar-refractivity contribution in [2.24, 2.45) is 11.8 Å².